The number of hydrogen-bond donors (Lipinski definition) is 1. The maximum Gasteiger partial charge on any atom is 0.270 e. The van der Waals surface area contributed by atoms with E-state index in [4.69, 9.17) is 9.84 Å². The molecule has 1 fully saturated rings. The molecule has 6 nitrogen and oxygen atoms in total. The zero-order valence-corrected chi connectivity index (χ0v) is 19.9. The van der Waals surface area contributed by atoms with Crippen molar-refractivity contribution in [1.82, 2.24) is 20.0 Å². The quantitative estimate of drug-likeness (QED) is 0.392. The van der Waals surface area contributed by atoms with Crippen LogP contribution in [0, 0.1) is 0 Å². The predicted octanol–water partition coefficient (Wildman–Crippen LogP) is 5.11. The van der Waals surface area contributed by atoms with Gasteiger partial charge in [0, 0.05) is 17.7 Å². The van der Waals surface area contributed by atoms with Crippen LogP contribution in [0.15, 0.2) is 91.0 Å². The van der Waals surface area contributed by atoms with Gasteiger partial charge in [-0.1, -0.05) is 66.7 Å². The van der Waals surface area contributed by atoms with Crippen LogP contribution in [0.3, 0.4) is 0 Å². The number of ether oxygens (including phenoxy) is 1. The molecule has 6 heteroatoms. The molecule has 1 aliphatic heterocycles. The Balaban J connectivity index is 1.44. The third-order valence-corrected chi connectivity index (χ3v) is 6.55. The number of nitrogens with one attached hydrogen (secondary N) is 1. The van der Waals surface area contributed by atoms with Crippen LogP contribution in [0.1, 0.15) is 34.9 Å². The number of carbonyl (C=O) groups is 1. The molecule has 5 rings (SSSR count). The fraction of sp³-hybridized carbons (Fsp3) is 0.241. The lowest BCUT2D eigenvalue weighted by Crippen LogP contribution is -2.37. The van der Waals surface area contributed by atoms with E-state index in [1.165, 1.54) is 12.8 Å². The molecule has 178 valence electrons. The molecule has 1 N–H and O–H groups in total. The van der Waals surface area contributed by atoms with Crippen LogP contribution in [-0.2, 0) is 0 Å². The summed E-state index contributed by atoms with van der Waals surface area (Å²) in [6, 6.07) is 29.7. The highest BCUT2D eigenvalue weighted by Gasteiger charge is 2.27. The van der Waals surface area contributed by atoms with Gasteiger partial charge in [-0.3, -0.25) is 9.69 Å². The monoisotopic (exact) mass is 466 g/mol. The lowest BCUT2D eigenvalue weighted by Gasteiger charge is -2.29. The van der Waals surface area contributed by atoms with Crippen molar-refractivity contribution in [2.75, 3.05) is 26.7 Å². The minimum atomic E-state index is -0.150. The van der Waals surface area contributed by atoms with E-state index < -0.39 is 0 Å². The number of carbonyl (C=O) groups excluding carboxylic acids is 1. The highest BCUT2D eigenvalue weighted by molar-refractivity contribution is 5.94. The molecule has 1 amide bonds. The van der Waals surface area contributed by atoms with Crippen molar-refractivity contribution < 1.29 is 9.53 Å². The number of benzene rings is 3. The number of para-hydroxylation sites is 2. The number of nitrogens with zero attached hydrogens (tertiary/aromatic N) is 3. The van der Waals surface area contributed by atoms with E-state index in [0.717, 1.165) is 41.3 Å². The Morgan fingerprint density at radius 2 is 1.60 bits per heavy atom. The van der Waals surface area contributed by atoms with E-state index in [1.54, 1.807) is 11.8 Å². The van der Waals surface area contributed by atoms with Crippen LogP contribution in [-0.4, -0.2) is 47.3 Å². The smallest absolute Gasteiger partial charge is 0.270 e. The van der Waals surface area contributed by atoms with Crippen molar-refractivity contribution in [1.29, 1.82) is 0 Å². The summed E-state index contributed by atoms with van der Waals surface area (Å²) in [7, 11) is 1.70. The second-order valence-electron chi connectivity index (χ2n) is 8.74. The number of amides is 1. The number of rotatable bonds is 8. The number of hydrogen-bond acceptors (Lipinski definition) is 4. The first-order valence-electron chi connectivity index (χ1n) is 12.1. The molecule has 3 aromatic carbocycles. The molecular formula is C29H30N4O2. The molecule has 0 saturated carbocycles. The first kappa shape index (κ1) is 22.9. The lowest BCUT2D eigenvalue weighted by atomic mass is 10.0. The Morgan fingerprint density at radius 3 is 2.31 bits per heavy atom. The first-order chi connectivity index (χ1) is 17.2. The van der Waals surface area contributed by atoms with Crippen molar-refractivity contribution in [3.05, 3.63) is 102 Å². The molecule has 0 spiro atoms. The minimum absolute atomic E-state index is 0.0410. The van der Waals surface area contributed by atoms with Crippen molar-refractivity contribution in [3.8, 4) is 22.7 Å². The summed E-state index contributed by atoms with van der Waals surface area (Å²) in [6.45, 7) is 2.51. The Hall–Kier alpha value is -3.90. The third-order valence-electron chi connectivity index (χ3n) is 6.55. The maximum atomic E-state index is 13.6. The number of likely N-dealkylation sites (tertiary alicyclic amines) is 1. The van der Waals surface area contributed by atoms with Gasteiger partial charge in [0.05, 0.1) is 24.5 Å². The van der Waals surface area contributed by atoms with Gasteiger partial charge in [0.2, 0.25) is 0 Å². The van der Waals surface area contributed by atoms with Gasteiger partial charge in [-0.25, -0.2) is 4.68 Å². The van der Waals surface area contributed by atoms with Crippen LogP contribution in [0.2, 0.25) is 0 Å². The fourth-order valence-electron chi connectivity index (χ4n) is 4.77. The molecule has 4 aromatic rings. The van der Waals surface area contributed by atoms with Gasteiger partial charge in [-0.2, -0.15) is 5.10 Å². The average molecular weight is 467 g/mol. The van der Waals surface area contributed by atoms with Gasteiger partial charge >= 0.3 is 0 Å². The fourth-order valence-corrected chi connectivity index (χ4v) is 4.77. The topological polar surface area (TPSA) is 59.4 Å². The first-order valence-corrected chi connectivity index (χ1v) is 12.1. The summed E-state index contributed by atoms with van der Waals surface area (Å²) in [5.74, 6) is 0.696. The maximum absolute atomic E-state index is 13.6. The molecule has 0 unspecified atom stereocenters. The standard InChI is InChI=1S/C29H30N4O2/c1-35-28-17-9-8-16-24(28)27(32-18-10-11-19-32)21-30-29(34)26-20-25(22-12-4-2-5-13-22)31-33(26)23-14-6-3-7-15-23/h2-9,12-17,20,27H,10-11,18-19,21H2,1H3,(H,30,34)/t27-/m0/s1. The zero-order chi connectivity index (χ0) is 24.0. The van der Waals surface area contributed by atoms with Crippen LogP contribution in [0.4, 0.5) is 0 Å². The molecule has 1 saturated heterocycles. The lowest BCUT2D eigenvalue weighted by molar-refractivity contribution is 0.0929. The van der Waals surface area contributed by atoms with Gasteiger partial charge in [0.1, 0.15) is 11.4 Å². The number of methoxy groups -OCH3 is 1. The highest BCUT2D eigenvalue weighted by atomic mass is 16.5. The molecule has 0 aliphatic carbocycles. The van der Waals surface area contributed by atoms with Crippen LogP contribution >= 0.6 is 0 Å². The summed E-state index contributed by atoms with van der Waals surface area (Å²) in [5.41, 5.74) is 4.19. The van der Waals surface area contributed by atoms with Crippen LogP contribution < -0.4 is 10.1 Å². The van der Waals surface area contributed by atoms with Crippen LogP contribution in [0.5, 0.6) is 5.75 Å². The summed E-state index contributed by atoms with van der Waals surface area (Å²) in [5, 5.41) is 7.99. The SMILES string of the molecule is COc1ccccc1[C@H](CNC(=O)c1cc(-c2ccccc2)nn1-c1ccccc1)N1CCCC1. The van der Waals surface area contributed by atoms with E-state index in [2.05, 4.69) is 16.3 Å². The predicted molar refractivity (Wildman–Crippen MR) is 138 cm³/mol. The van der Waals surface area contributed by atoms with Crippen molar-refractivity contribution in [2.24, 2.45) is 0 Å². The Bertz CT molecular complexity index is 1260. The molecule has 1 aromatic heterocycles. The summed E-state index contributed by atoms with van der Waals surface area (Å²) >= 11 is 0. The normalized spacial score (nSPS) is 14.5. The van der Waals surface area contributed by atoms with Crippen LogP contribution in [0.25, 0.3) is 16.9 Å². The second kappa shape index (κ2) is 10.6. The molecule has 2 heterocycles. The van der Waals surface area contributed by atoms with E-state index in [1.807, 2.05) is 84.9 Å². The van der Waals surface area contributed by atoms with E-state index in [0.29, 0.717) is 12.2 Å². The van der Waals surface area contributed by atoms with Gasteiger partial charge in [0.15, 0.2) is 0 Å². The summed E-state index contributed by atoms with van der Waals surface area (Å²) in [4.78, 5) is 16.0. The van der Waals surface area contributed by atoms with Crippen molar-refractivity contribution in [2.45, 2.75) is 18.9 Å². The molecule has 1 aliphatic rings. The molecule has 0 bridgehead atoms. The largest absolute Gasteiger partial charge is 0.496 e. The summed E-state index contributed by atoms with van der Waals surface area (Å²) < 4.78 is 7.38. The average Bonchev–Trinajstić information content (AvgIpc) is 3.61. The second-order valence-corrected chi connectivity index (χ2v) is 8.74. The molecule has 0 radical (unpaired) electrons. The third kappa shape index (κ3) is 4.98. The van der Waals surface area contributed by atoms with Gasteiger partial charge in [0.25, 0.3) is 5.91 Å². The number of aromatic nitrogens is 2. The van der Waals surface area contributed by atoms with E-state index >= 15 is 0 Å². The molecular weight excluding hydrogens is 436 g/mol. The van der Waals surface area contributed by atoms with Gasteiger partial charge in [-0.15, -0.1) is 0 Å². The van der Waals surface area contributed by atoms with Crippen molar-refractivity contribution in [3.63, 3.8) is 0 Å². The van der Waals surface area contributed by atoms with Gasteiger partial charge in [-0.05, 0) is 50.2 Å². The minimum Gasteiger partial charge on any atom is -0.496 e. The van der Waals surface area contributed by atoms with Crippen molar-refractivity contribution >= 4 is 5.91 Å². The molecule has 35 heavy (non-hydrogen) atoms. The Labute approximate surface area is 206 Å². The van der Waals surface area contributed by atoms with E-state index in [-0.39, 0.29) is 11.9 Å². The summed E-state index contributed by atoms with van der Waals surface area (Å²) in [6.07, 6.45) is 2.33. The molecule has 1 atom stereocenters. The Morgan fingerprint density at radius 1 is 0.943 bits per heavy atom. The highest BCUT2D eigenvalue weighted by Crippen LogP contribution is 2.31. The van der Waals surface area contributed by atoms with E-state index in [9.17, 15) is 4.79 Å². The Kier molecular flexibility index (Phi) is 6.91. The van der Waals surface area contributed by atoms with Gasteiger partial charge < -0.3 is 10.1 Å². The zero-order valence-electron chi connectivity index (χ0n) is 19.9.